The van der Waals surface area contributed by atoms with E-state index in [1.807, 2.05) is 6.92 Å². The highest BCUT2D eigenvalue weighted by Crippen LogP contribution is 2.28. The lowest BCUT2D eigenvalue weighted by Gasteiger charge is -2.20. The highest BCUT2D eigenvalue weighted by Gasteiger charge is 2.27. The first-order valence-corrected chi connectivity index (χ1v) is 7.31. The summed E-state index contributed by atoms with van der Waals surface area (Å²) < 4.78 is 0.969. The van der Waals surface area contributed by atoms with Gasteiger partial charge in [-0.2, -0.15) is 0 Å². The number of nitrogen functional groups attached to an aromatic ring is 1. The summed E-state index contributed by atoms with van der Waals surface area (Å²) in [5.74, 6) is 0.883. The van der Waals surface area contributed by atoms with Crippen LogP contribution in [0.4, 0.5) is 11.5 Å². The van der Waals surface area contributed by atoms with Gasteiger partial charge in [0, 0.05) is 19.1 Å². The molecule has 1 aromatic heterocycles. The molecule has 1 saturated carbocycles. The molecule has 1 fully saturated rings. The van der Waals surface area contributed by atoms with E-state index in [0.29, 0.717) is 0 Å². The first kappa shape index (κ1) is 13.6. The second kappa shape index (κ2) is 5.89. The van der Waals surface area contributed by atoms with E-state index in [1.54, 1.807) is 6.20 Å². The number of likely N-dealkylation sites (N-methyl/N-ethyl adjacent to an activating group) is 1. The Labute approximate surface area is 117 Å². The van der Waals surface area contributed by atoms with E-state index in [9.17, 15) is 0 Å². The summed E-state index contributed by atoms with van der Waals surface area (Å²) in [6.07, 6.45) is 4.43. The number of pyridine rings is 1. The summed E-state index contributed by atoms with van der Waals surface area (Å²) in [6.45, 7) is 7.33. The van der Waals surface area contributed by atoms with Crippen molar-refractivity contribution in [3.63, 3.8) is 0 Å². The normalized spacial score (nSPS) is 15.1. The molecule has 0 aromatic carbocycles. The van der Waals surface area contributed by atoms with Crippen molar-refractivity contribution in [1.82, 2.24) is 9.88 Å². The second-order valence-electron chi connectivity index (χ2n) is 4.79. The fraction of sp³-hybridized carbons (Fsp3) is 0.615. The van der Waals surface area contributed by atoms with E-state index in [1.165, 1.54) is 12.8 Å². The number of rotatable bonds is 6. The minimum Gasteiger partial charge on any atom is -0.397 e. The average Bonchev–Trinajstić information content (AvgIpc) is 3.18. The zero-order valence-corrected chi connectivity index (χ0v) is 12.6. The van der Waals surface area contributed by atoms with Gasteiger partial charge >= 0.3 is 0 Å². The van der Waals surface area contributed by atoms with Gasteiger partial charge in [0.05, 0.1) is 16.4 Å². The molecule has 4 nitrogen and oxygen atoms in total. The van der Waals surface area contributed by atoms with Gasteiger partial charge in [0.1, 0.15) is 5.82 Å². The van der Waals surface area contributed by atoms with Crippen LogP contribution in [0.2, 0.25) is 0 Å². The molecule has 0 aliphatic heterocycles. The van der Waals surface area contributed by atoms with Crippen molar-refractivity contribution in [1.29, 1.82) is 0 Å². The highest BCUT2D eigenvalue weighted by atomic mass is 79.9. The summed E-state index contributed by atoms with van der Waals surface area (Å²) >= 11 is 3.54. The summed E-state index contributed by atoms with van der Waals surface area (Å²) in [5, 5.41) is 3.37. The maximum absolute atomic E-state index is 5.81. The van der Waals surface area contributed by atoms with Crippen molar-refractivity contribution in [2.75, 3.05) is 30.7 Å². The average molecular weight is 313 g/mol. The molecule has 0 atom stereocenters. The van der Waals surface area contributed by atoms with Crippen molar-refractivity contribution in [2.24, 2.45) is 0 Å². The number of nitrogens with two attached hydrogens (primary N) is 1. The minimum atomic E-state index is 0.723. The SMILES string of the molecule is CCN(CCNc1ncc(N)c(C)c1Br)C1CC1. The Hall–Kier alpha value is -0.810. The van der Waals surface area contributed by atoms with Gasteiger partial charge in [-0.25, -0.2) is 4.98 Å². The molecule has 2 rings (SSSR count). The number of hydrogen-bond donors (Lipinski definition) is 2. The lowest BCUT2D eigenvalue weighted by atomic mass is 10.2. The van der Waals surface area contributed by atoms with Crippen LogP contribution < -0.4 is 11.1 Å². The van der Waals surface area contributed by atoms with Crippen LogP contribution in [0.1, 0.15) is 25.3 Å². The summed E-state index contributed by atoms with van der Waals surface area (Å²) in [5.41, 5.74) is 7.57. The third kappa shape index (κ3) is 3.14. The molecule has 0 bridgehead atoms. The van der Waals surface area contributed by atoms with E-state index in [-0.39, 0.29) is 0 Å². The molecule has 18 heavy (non-hydrogen) atoms. The predicted octanol–water partition coefficient (Wildman–Crippen LogP) is 2.63. The van der Waals surface area contributed by atoms with Crippen LogP contribution >= 0.6 is 15.9 Å². The molecule has 1 aliphatic rings. The molecule has 100 valence electrons. The maximum Gasteiger partial charge on any atom is 0.140 e. The zero-order valence-electron chi connectivity index (χ0n) is 11.0. The molecule has 3 N–H and O–H groups in total. The monoisotopic (exact) mass is 312 g/mol. The van der Waals surface area contributed by atoms with Gasteiger partial charge in [0.15, 0.2) is 0 Å². The van der Waals surface area contributed by atoms with Crippen LogP contribution in [0.15, 0.2) is 10.7 Å². The lowest BCUT2D eigenvalue weighted by Crippen LogP contribution is -2.31. The van der Waals surface area contributed by atoms with E-state index < -0.39 is 0 Å². The highest BCUT2D eigenvalue weighted by molar-refractivity contribution is 9.10. The van der Waals surface area contributed by atoms with E-state index in [0.717, 1.165) is 47.2 Å². The van der Waals surface area contributed by atoms with Crippen LogP contribution in [-0.2, 0) is 0 Å². The number of halogens is 1. The molecule has 0 saturated heterocycles. The van der Waals surface area contributed by atoms with Gasteiger partial charge < -0.3 is 11.1 Å². The molecule has 1 aliphatic carbocycles. The molecule has 0 unspecified atom stereocenters. The smallest absolute Gasteiger partial charge is 0.140 e. The van der Waals surface area contributed by atoms with Gasteiger partial charge in [-0.1, -0.05) is 6.92 Å². The summed E-state index contributed by atoms with van der Waals surface area (Å²) in [6, 6.07) is 0.821. The molecule has 1 heterocycles. The zero-order chi connectivity index (χ0) is 13.1. The third-order valence-corrected chi connectivity index (χ3v) is 4.43. The quantitative estimate of drug-likeness (QED) is 0.848. The summed E-state index contributed by atoms with van der Waals surface area (Å²) in [7, 11) is 0. The van der Waals surface area contributed by atoms with Gasteiger partial charge in [0.2, 0.25) is 0 Å². The fourth-order valence-corrected chi connectivity index (χ4v) is 2.54. The lowest BCUT2D eigenvalue weighted by molar-refractivity contribution is 0.289. The molecule has 1 aromatic rings. The van der Waals surface area contributed by atoms with E-state index in [4.69, 9.17) is 5.73 Å². The predicted molar refractivity (Wildman–Crippen MR) is 79.8 cm³/mol. The number of hydrogen-bond acceptors (Lipinski definition) is 4. The number of aromatic nitrogens is 1. The Bertz CT molecular complexity index is 418. The molecule has 5 heteroatoms. The molecule has 0 amide bonds. The first-order valence-electron chi connectivity index (χ1n) is 6.52. The Balaban J connectivity index is 1.88. The third-order valence-electron chi connectivity index (χ3n) is 3.46. The Kier molecular flexibility index (Phi) is 4.45. The van der Waals surface area contributed by atoms with Gasteiger partial charge in [-0.05, 0) is 47.8 Å². The van der Waals surface area contributed by atoms with Gasteiger partial charge in [-0.3, -0.25) is 4.90 Å². The molecule has 0 spiro atoms. The minimum absolute atomic E-state index is 0.723. The van der Waals surface area contributed by atoms with Crippen molar-refractivity contribution in [3.05, 3.63) is 16.2 Å². The van der Waals surface area contributed by atoms with Crippen LogP contribution in [0.5, 0.6) is 0 Å². The van der Waals surface area contributed by atoms with Crippen LogP contribution in [0.3, 0.4) is 0 Å². The fourth-order valence-electron chi connectivity index (χ4n) is 2.07. The number of nitrogens with zero attached hydrogens (tertiary/aromatic N) is 2. The first-order chi connectivity index (χ1) is 8.63. The molecule has 0 radical (unpaired) electrons. The maximum atomic E-state index is 5.81. The van der Waals surface area contributed by atoms with Crippen molar-refractivity contribution in [2.45, 2.75) is 32.7 Å². The largest absolute Gasteiger partial charge is 0.397 e. The Morgan fingerprint density at radius 3 is 2.89 bits per heavy atom. The number of nitrogens with one attached hydrogen (secondary N) is 1. The standard InChI is InChI=1S/C13H21BrN4/c1-3-18(10-4-5-10)7-6-16-13-12(14)9(2)11(15)8-17-13/h8,10H,3-7,15H2,1-2H3,(H,16,17). The Morgan fingerprint density at radius 1 is 1.56 bits per heavy atom. The second-order valence-corrected chi connectivity index (χ2v) is 5.58. The topological polar surface area (TPSA) is 54.2 Å². The van der Waals surface area contributed by atoms with Gasteiger partial charge in [0.25, 0.3) is 0 Å². The van der Waals surface area contributed by atoms with Crippen LogP contribution in [-0.4, -0.2) is 35.6 Å². The van der Waals surface area contributed by atoms with Crippen molar-refractivity contribution < 1.29 is 0 Å². The van der Waals surface area contributed by atoms with Crippen LogP contribution in [0, 0.1) is 6.92 Å². The number of anilines is 2. The van der Waals surface area contributed by atoms with Crippen LogP contribution in [0.25, 0.3) is 0 Å². The van der Waals surface area contributed by atoms with Crippen molar-refractivity contribution in [3.8, 4) is 0 Å². The van der Waals surface area contributed by atoms with E-state index in [2.05, 4.69) is 38.1 Å². The molecular formula is C13H21BrN4. The summed E-state index contributed by atoms with van der Waals surface area (Å²) in [4.78, 5) is 6.84. The Morgan fingerprint density at radius 2 is 2.28 bits per heavy atom. The van der Waals surface area contributed by atoms with Crippen molar-refractivity contribution >= 4 is 27.4 Å². The van der Waals surface area contributed by atoms with Gasteiger partial charge in [-0.15, -0.1) is 0 Å². The molecular weight excluding hydrogens is 292 g/mol. The van der Waals surface area contributed by atoms with E-state index >= 15 is 0 Å².